The second-order valence-corrected chi connectivity index (χ2v) is 6.07. The number of methoxy groups -OCH3 is 1. The molecule has 0 saturated heterocycles. The van der Waals surface area contributed by atoms with Gasteiger partial charge in [0.05, 0.1) is 31.4 Å². The van der Waals surface area contributed by atoms with E-state index in [1.807, 2.05) is 23.6 Å². The molecule has 2 rings (SSSR count). The molecule has 0 aliphatic carbocycles. The van der Waals surface area contributed by atoms with Gasteiger partial charge in [0.2, 0.25) is 0 Å². The third kappa shape index (κ3) is 4.28. The first-order valence-electron chi connectivity index (χ1n) is 6.58. The third-order valence-corrected chi connectivity index (χ3v) is 4.25. The van der Waals surface area contributed by atoms with Crippen LogP contribution in [0, 0.1) is 0 Å². The lowest BCUT2D eigenvalue weighted by molar-refractivity contribution is -0.143. The molecule has 1 aromatic heterocycles. The Bertz CT molecular complexity index is 627. The van der Waals surface area contributed by atoms with Gasteiger partial charge in [-0.3, -0.25) is 4.79 Å². The molecule has 0 atom stereocenters. The largest absolute Gasteiger partial charge is 0.496 e. The summed E-state index contributed by atoms with van der Waals surface area (Å²) in [5.74, 6) is 0.594. The molecule has 0 spiro atoms. The van der Waals surface area contributed by atoms with Crippen molar-refractivity contribution < 1.29 is 14.3 Å². The normalized spacial score (nSPS) is 10.4. The molecule has 0 fully saturated rings. The number of carbonyl (C=O) groups excluding carboxylic acids is 1. The van der Waals surface area contributed by atoms with E-state index in [1.54, 1.807) is 25.4 Å². The number of thiazole rings is 1. The zero-order valence-electron chi connectivity index (χ0n) is 11.9. The number of rotatable bonds is 6. The van der Waals surface area contributed by atoms with Crippen LogP contribution < -0.4 is 4.74 Å². The van der Waals surface area contributed by atoms with Crippen LogP contribution in [0.5, 0.6) is 5.75 Å². The average molecular weight is 370 g/mol. The van der Waals surface area contributed by atoms with Gasteiger partial charge in [-0.05, 0) is 25.1 Å². The van der Waals surface area contributed by atoms with Crippen LogP contribution in [0.4, 0.5) is 0 Å². The standard InChI is InChI=1S/C15H16BrNO3S/c1-3-20-14(18)7-5-11-9-21-15(17-11)12-8-10(16)4-6-13(12)19-2/h4,6,8-9H,3,5,7H2,1-2H3. The summed E-state index contributed by atoms with van der Waals surface area (Å²) in [6.45, 7) is 2.22. The Morgan fingerprint density at radius 2 is 2.24 bits per heavy atom. The minimum absolute atomic E-state index is 0.188. The van der Waals surface area contributed by atoms with E-state index < -0.39 is 0 Å². The number of hydrogen-bond acceptors (Lipinski definition) is 5. The van der Waals surface area contributed by atoms with E-state index in [0.717, 1.165) is 26.5 Å². The lowest BCUT2D eigenvalue weighted by atomic mass is 10.2. The van der Waals surface area contributed by atoms with Gasteiger partial charge in [-0.15, -0.1) is 11.3 Å². The topological polar surface area (TPSA) is 48.4 Å². The number of carbonyl (C=O) groups is 1. The summed E-state index contributed by atoms with van der Waals surface area (Å²) in [6, 6.07) is 5.81. The van der Waals surface area contributed by atoms with Gasteiger partial charge in [-0.25, -0.2) is 4.98 Å². The number of aromatic nitrogens is 1. The first-order chi connectivity index (χ1) is 10.1. The molecule has 2 aromatic rings. The number of esters is 1. The number of aryl methyl sites for hydroxylation is 1. The monoisotopic (exact) mass is 369 g/mol. The van der Waals surface area contributed by atoms with Crippen LogP contribution in [0.2, 0.25) is 0 Å². The smallest absolute Gasteiger partial charge is 0.306 e. The van der Waals surface area contributed by atoms with E-state index in [1.165, 1.54) is 0 Å². The second kappa shape index (κ2) is 7.56. The molecule has 0 saturated carbocycles. The molecule has 0 amide bonds. The fourth-order valence-electron chi connectivity index (χ4n) is 1.86. The van der Waals surface area contributed by atoms with E-state index in [4.69, 9.17) is 9.47 Å². The van der Waals surface area contributed by atoms with Crippen LogP contribution in [0.15, 0.2) is 28.1 Å². The highest BCUT2D eigenvalue weighted by molar-refractivity contribution is 9.10. The van der Waals surface area contributed by atoms with Crippen LogP contribution in [-0.4, -0.2) is 24.7 Å². The summed E-state index contributed by atoms with van der Waals surface area (Å²) in [7, 11) is 1.64. The molecular formula is C15H16BrNO3S. The fourth-order valence-corrected chi connectivity index (χ4v) is 3.09. The SMILES string of the molecule is CCOC(=O)CCc1csc(-c2cc(Br)ccc2OC)n1. The first kappa shape index (κ1) is 16.0. The number of nitrogens with zero attached hydrogens (tertiary/aromatic N) is 1. The quantitative estimate of drug-likeness (QED) is 0.719. The molecule has 1 aromatic carbocycles. The van der Waals surface area contributed by atoms with Gasteiger partial charge < -0.3 is 9.47 Å². The summed E-state index contributed by atoms with van der Waals surface area (Å²) >= 11 is 5.00. The zero-order valence-corrected chi connectivity index (χ0v) is 14.3. The predicted octanol–water partition coefficient (Wildman–Crippen LogP) is 4.08. The summed E-state index contributed by atoms with van der Waals surface area (Å²) in [5, 5.41) is 2.85. The molecule has 0 unspecified atom stereocenters. The molecule has 21 heavy (non-hydrogen) atoms. The summed E-state index contributed by atoms with van der Waals surface area (Å²) in [5.41, 5.74) is 1.84. The Labute approximate surface area is 136 Å². The van der Waals surface area contributed by atoms with Crippen molar-refractivity contribution in [1.29, 1.82) is 0 Å². The van der Waals surface area contributed by atoms with Crippen molar-refractivity contribution >= 4 is 33.2 Å². The van der Waals surface area contributed by atoms with Gasteiger partial charge >= 0.3 is 5.97 Å². The first-order valence-corrected chi connectivity index (χ1v) is 8.25. The van der Waals surface area contributed by atoms with Crippen LogP contribution in [0.25, 0.3) is 10.6 Å². The van der Waals surface area contributed by atoms with Crippen molar-refractivity contribution in [2.45, 2.75) is 19.8 Å². The highest BCUT2D eigenvalue weighted by Crippen LogP contribution is 2.34. The highest BCUT2D eigenvalue weighted by Gasteiger charge is 2.12. The maximum absolute atomic E-state index is 11.4. The minimum atomic E-state index is -0.188. The van der Waals surface area contributed by atoms with E-state index >= 15 is 0 Å². The van der Waals surface area contributed by atoms with Crippen molar-refractivity contribution in [3.05, 3.63) is 33.7 Å². The van der Waals surface area contributed by atoms with Gasteiger partial charge in [0, 0.05) is 16.3 Å². The molecule has 112 valence electrons. The van der Waals surface area contributed by atoms with Crippen molar-refractivity contribution in [1.82, 2.24) is 4.98 Å². The Morgan fingerprint density at radius 1 is 1.43 bits per heavy atom. The number of halogens is 1. The number of benzene rings is 1. The Morgan fingerprint density at radius 3 is 2.95 bits per heavy atom. The minimum Gasteiger partial charge on any atom is -0.496 e. The van der Waals surface area contributed by atoms with E-state index in [2.05, 4.69) is 20.9 Å². The third-order valence-electron chi connectivity index (χ3n) is 2.83. The summed E-state index contributed by atoms with van der Waals surface area (Å²) in [4.78, 5) is 15.9. The Hall–Kier alpha value is -1.40. The van der Waals surface area contributed by atoms with Crippen molar-refractivity contribution in [2.75, 3.05) is 13.7 Å². The number of ether oxygens (including phenoxy) is 2. The molecule has 4 nitrogen and oxygen atoms in total. The van der Waals surface area contributed by atoms with Crippen LogP contribution in [0.3, 0.4) is 0 Å². The molecule has 1 heterocycles. The molecule has 0 N–H and O–H groups in total. The van der Waals surface area contributed by atoms with E-state index in [-0.39, 0.29) is 5.97 Å². The molecule has 0 bridgehead atoms. The van der Waals surface area contributed by atoms with E-state index in [9.17, 15) is 4.79 Å². The Balaban J connectivity index is 2.13. The molecular weight excluding hydrogens is 354 g/mol. The van der Waals surface area contributed by atoms with Gasteiger partial charge in [0.25, 0.3) is 0 Å². The predicted molar refractivity (Wildman–Crippen MR) is 86.8 cm³/mol. The van der Waals surface area contributed by atoms with Crippen LogP contribution in [0.1, 0.15) is 19.0 Å². The van der Waals surface area contributed by atoms with Crippen molar-refractivity contribution in [3.8, 4) is 16.3 Å². The van der Waals surface area contributed by atoms with Crippen molar-refractivity contribution in [3.63, 3.8) is 0 Å². The van der Waals surface area contributed by atoms with Crippen LogP contribution >= 0.6 is 27.3 Å². The van der Waals surface area contributed by atoms with E-state index in [0.29, 0.717) is 19.4 Å². The Kier molecular flexibility index (Phi) is 5.76. The van der Waals surface area contributed by atoms with Gasteiger partial charge in [0.15, 0.2) is 0 Å². The molecule has 6 heteroatoms. The van der Waals surface area contributed by atoms with Gasteiger partial charge in [-0.1, -0.05) is 15.9 Å². The average Bonchev–Trinajstić information content (AvgIpc) is 2.94. The zero-order chi connectivity index (χ0) is 15.2. The van der Waals surface area contributed by atoms with Gasteiger partial charge in [0.1, 0.15) is 10.8 Å². The molecule has 0 aliphatic heterocycles. The van der Waals surface area contributed by atoms with Crippen molar-refractivity contribution in [2.24, 2.45) is 0 Å². The highest BCUT2D eigenvalue weighted by atomic mass is 79.9. The molecule has 0 radical (unpaired) electrons. The number of hydrogen-bond donors (Lipinski definition) is 0. The summed E-state index contributed by atoms with van der Waals surface area (Å²) in [6.07, 6.45) is 0.943. The molecule has 0 aliphatic rings. The lowest BCUT2D eigenvalue weighted by Crippen LogP contribution is -2.05. The maximum atomic E-state index is 11.4. The maximum Gasteiger partial charge on any atom is 0.306 e. The van der Waals surface area contributed by atoms with Crippen LogP contribution in [-0.2, 0) is 16.0 Å². The lowest BCUT2D eigenvalue weighted by Gasteiger charge is -2.06. The fraction of sp³-hybridized carbons (Fsp3) is 0.333. The second-order valence-electron chi connectivity index (χ2n) is 4.29. The van der Waals surface area contributed by atoms with Gasteiger partial charge in [-0.2, -0.15) is 0 Å². The summed E-state index contributed by atoms with van der Waals surface area (Å²) < 4.78 is 11.3.